The molecule has 0 spiro atoms. The molecule has 0 fully saturated rings. The summed E-state index contributed by atoms with van der Waals surface area (Å²) in [5.41, 5.74) is 4.27. The fourth-order valence-corrected chi connectivity index (χ4v) is 3.40. The van der Waals surface area contributed by atoms with E-state index < -0.39 is 0 Å². The van der Waals surface area contributed by atoms with Gasteiger partial charge in [0.25, 0.3) is 0 Å². The minimum atomic E-state index is 0.350. The van der Waals surface area contributed by atoms with Gasteiger partial charge in [0, 0.05) is 22.7 Å². The van der Waals surface area contributed by atoms with Crippen molar-refractivity contribution in [3.63, 3.8) is 0 Å². The Kier molecular flexibility index (Phi) is 4.22. The first kappa shape index (κ1) is 15.8. The van der Waals surface area contributed by atoms with Crippen molar-refractivity contribution in [2.24, 2.45) is 0 Å². The van der Waals surface area contributed by atoms with Crippen LogP contribution in [0, 0.1) is 0 Å². The van der Waals surface area contributed by atoms with Crippen LogP contribution in [0.1, 0.15) is 25.3 Å². The second-order valence-corrected chi connectivity index (χ2v) is 6.12. The molecule has 0 aliphatic carbocycles. The van der Waals surface area contributed by atoms with Gasteiger partial charge >= 0.3 is 0 Å². The van der Waals surface area contributed by atoms with Crippen LogP contribution < -0.4 is 9.47 Å². The third kappa shape index (κ3) is 2.55. The van der Waals surface area contributed by atoms with Crippen LogP contribution >= 0.6 is 11.8 Å². The molecule has 1 heterocycles. The molecule has 0 saturated carbocycles. The molecule has 0 N–H and O–H groups in total. The molecule has 3 aromatic rings. The third-order valence-electron chi connectivity index (χ3n) is 4.09. The van der Waals surface area contributed by atoms with Gasteiger partial charge in [-0.2, -0.15) is 0 Å². The van der Waals surface area contributed by atoms with Crippen molar-refractivity contribution in [2.45, 2.75) is 19.8 Å². The number of nitrogens with zero attached hydrogens (tertiary/aromatic N) is 1. The summed E-state index contributed by atoms with van der Waals surface area (Å²) in [5.74, 6) is 1.75. The predicted molar refractivity (Wildman–Crippen MR) is 95.8 cm³/mol. The minimum absolute atomic E-state index is 0.350. The van der Waals surface area contributed by atoms with Crippen molar-refractivity contribution < 1.29 is 9.47 Å². The van der Waals surface area contributed by atoms with Gasteiger partial charge in [0.15, 0.2) is 11.5 Å². The molecule has 120 valence electrons. The maximum absolute atomic E-state index is 6.65. The first-order valence-corrected chi connectivity index (χ1v) is 7.94. The highest BCUT2D eigenvalue weighted by Crippen LogP contribution is 2.41. The SMILES string of the molecule is COc1ccc(-c2c(C(C)C)c3ccccc3n2Cl)cc1OC. The molecule has 0 radical (unpaired) electrons. The average Bonchev–Trinajstić information content (AvgIpc) is 2.87. The number of ether oxygens (including phenoxy) is 2. The highest BCUT2D eigenvalue weighted by molar-refractivity contribution is 6.22. The molecule has 0 saturated heterocycles. The zero-order valence-corrected chi connectivity index (χ0v) is 14.5. The fraction of sp³-hybridized carbons (Fsp3) is 0.263. The highest BCUT2D eigenvalue weighted by Gasteiger charge is 2.20. The quantitative estimate of drug-likeness (QED) is 0.635. The van der Waals surface area contributed by atoms with Gasteiger partial charge < -0.3 is 9.47 Å². The van der Waals surface area contributed by atoms with E-state index in [2.05, 4.69) is 19.9 Å². The van der Waals surface area contributed by atoms with Crippen molar-refractivity contribution >= 4 is 22.7 Å². The summed E-state index contributed by atoms with van der Waals surface area (Å²) in [5, 5.41) is 1.18. The van der Waals surface area contributed by atoms with Gasteiger partial charge in [-0.05, 0) is 35.7 Å². The normalized spacial score (nSPS) is 11.2. The van der Waals surface area contributed by atoms with Gasteiger partial charge in [0.1, 0.15) is 0 Å². The van der Waals surface area contributed by atoms with E-state index in [4.69, 9.17) is 21.3 Å². The van der Waals surface area contributed by atoms with Crippen molar-refractivity contribution in [3.05, 3.63) is 48.0 Å². The number of rotatable bonds is 4. The first-order chi connectivity index (χ1) is 11.1. The lowest BCUT2D eigenvalue weighted by Gasteiger charge is -2.13. The van der Waals surface area contributed by atoms with Crippen molar-refractivity contribution in [1.82, 2.24) is 4.09 Å². The van der Waals surface area contributed by atoms with E-state index in [0.29, 0.717) is 17.4 Å². The number of aromatic nitrogens is 1. The molecule has 23 heavy (non-hydrogen) atoms. The molecule has 1 aromatic heterocycles. The average molecular weight is 330 g/mol. The summed E-state index contributed by atoms with van der Waals surface area (Å²) in [6.45, 7) is 4.37. The van der Waals surface area contributed by atoms with Crippen molar-refractivity contribution in [1.29, 1.82) is 0 Å². The number of halogens is 1. The van der Waals surface area contributed by atoms with Crippen molar-refractivity contribution in [3.8, 4) is 22.8 Å². The number of para-hydroxylation sites is 1. The van der Waals surface area contributed by atoms with Gasteiger partial charge in [-0.1, -0.05) is 32.0 Å². The lowest BCUT2D eigenvalue weighted by molar-refractivity contribution is 0.355. The zero-order valence-electron chi connectivity index (χ0n) is 13.8. The van der Waals surface area contributed by atoms with Crippen LogP contribution in [0.5, 0.6) is 11.5 Å². The van der Waals surface area contributed by atoms with E-state index >= 15 is 0 Å². The standard InChI is InChI=1S/C19H20ClNO2/c1-12(2)18-14-7-5-6-8-15(14)21(20)19(18)13-9-10-16(22-3)17(11-13)23-4/h5-12H,1-4H3. The van der Waals surface area contributed by atoms with Crippen LogP contribution in [-0.4, -0.2) is 18.3 Å². The Balaban J connectivity index is 2.31. The predicted octanol–water partition coefficient (Wildman–Crippen LogP) is 5.45. The Bertz CT molecular complexity index is 852. The Hall–Kier alpha value is -2.13. The Labute approximate surface area is 141 Å². The summed E-state index contributed by atoms with van der Waals surface area (Å²) in [6, 6.07) is 14.1. The van der Waals surface area contributed by atoms with E-state index in [-0.39, 0.29) is 0 Å². The molecular weight excluding hydrogens is 310 g/mol. The Morgan fingerprint density at radius 3 is 2.30 bits per heavy atom. The zero-order chi connectivity index (χ0) is 16.6. The summed E-state index contributed by atoms with van der Waals surface area (Å²) >= 11 is 6.65. The first-order valence-electron chi connectivity index (χ1n) is 7.60. The van der Waals surface area contributed by atoms with E-state index in [9.17, 15) is 0 Å². The lowest BCUT2D eigenvalue weighted by Crippen LogP contribution is -1.95. The van der Waals surface area contributed by atoms with Crippen LogP contribution in [-0.2, 0) is 0 Å². The molecule has 0 aliphatic rings. The van der Waals surface area contributed by atoms with Gasteiger partial charge in [-0.3, -0.25) is 4.09 Å². The molecular formula is C19H20ClNO2. The molecule has 2 aromatic carbocycles. The minimum Gasteiger partial charge on any atom is -0.493 e. The van der Waals surface area contributed by atoms with Crippen LogP contribution in [0.3, 0.4) is 0 Å². The van der Waals surface area contributed by atoms with Gasteiger partial charge in [-0.25, -0.2) is 0 Å². The monoisotopic (exact) mass is 329 g/mol. The third-order valence-corrected chi connectivity index (χ3v) is 4.44. The smallest absolute Gasteiger partial charge is 0.161 e. The lowest BCUT2D eigenvalue weighted by atomic mass is 9.96. The van der Waals surface area contributed by atoms with Gasteiger partial charge in [0.2, 0.25) is 0 Å². The molecule has 0 unspecified atom stereocenters. The van der Waals surface area contributed by atoms with Crippen LogP contribution in [0.15, 0.2) is 42.5 Å². The topological polar surface area (TPSA) is 23.4 Å². The molecule has 3 nitrogen and oxygen atoms in total. The van der Waals surface area contributed by atoms with E-state index in [1.807, 2.05) is 36.4 Å². The fourth-order valence-electron chi connectivity index (χ4n) is 3.06. The van der Waals surface area contributed by atoms with Crippen LogP contribution in [0.2, 0.25) is 0 Å². The number of fused-ring (bicyclic) bond motifs is 1. The second-order valence-electron chi connectivity index (χ2n) is 5.78. The number of hydrogen-bond acceptors (Lipinski definition) is 2. The van der Waals surface area contributed by atoms with Crippen LogP contribution in [0.4, 0.5) is 0 Å². The maximum Gasteiger partial charge on any atom is 0.161 e. The van der Waals surface area contributed by atoms with Crippen molar-refractivity contribution in [2.75, 3.05) is 14.2 Å². The number of methoxy groups -OCH3 is 2. The molecule has 0 bridgehead atoms. The highest BCUT2D eigenvalue weighted by atomic mass is 35.5. The summed E-state index contributed by atoms with van der Waals surface area (Å²) in [4.78, 5) is 0. The summed E-state index contributed by atoms with van der Waals surface area (Å²) in [7, 11) is 3.27. The molecule has 0 atom stereocenters. The van der Waals surface area contributed by atoms with Gasteiger partial charge in [-0.15, -0.1) is 0 Å². The van der Waals surface area contributed by atoms with Crippen LogP contribution in [0.25, 0.3) is 22.2 Å². The largest absolute Gasteiger partial charge is 0.493 e. The molecule has 0 amide bonds. The van der Waals surface area contributed by atoms with Gasteiger partial charge in [0.05, 0.1) is 25.4 Å². The molecule has 0 aliphatic heterocycles. The van der Waals surface area contributed by atoms with E-state index in [1.165, 1.54) is 10.9 Å². The van der Waals surface area contributed by atoms with E-state index in [0.717, 1.165) is 16.8 Å². The number of hydrogen-bond donors (Lipinski definition) is 0. The van der Waals surface area contributed by atoms with E-state index in [1.54, 1.807) is 18.3 Å². The number of benzene rings is 2. The maximum atomic E-state index is 6.65. The summed E-state index contributed by atoms with van der Waals surface area (Å²) < 4.78 is 12.5. The molecule has 3 rings (SSSR count). The Morgan fingerprint density at radius 2 is 1.65 bits per heavy atom. The molecule has 4 heteroatoms. The summed E-state index contributed by atoms with van der Waals surface area (Å²) in [6.07, 6.45) is 0. The Morgan fingerprint density at radius 1 is 0.957 bits per heavy atom. The second kappa shape index (κ2) is 6.17.